The minimum Gasteiger partial charge on any atom is -0.496 e. The zero-order valence-corrected chi connectivity index (χ0v) is 19.7. The smallest absolute Gasteiger partial charge is 0.342 e. The van der Waals surface area contributed by atoms with E-state index in [-0.39, 0.29) is 34.3 Å². The van der Waals surface area contributed by atoms with E-state index in [0.717, 1.165) is 25.7 Å². The summed E-state index contributed by atoms with van der Waals surface area (Å²) in [5, 5.41) is 0. The third kappa shape index (κ3) is 5.79. The number of hydrogen-bond acceptors (Lipinski definition) is 7. The maximum atomic E-state index is 13.1. The van der Waals surface area contributed by atoms with Crippen LogP contribution in [0.4, 0.5) is 0 Å². The van der Waals surface area contributed by atoms with Gasteiger partial charge in [0.2, 0.25) is 10.0 Å². The van der Waals surface area contributed by atoms with E-state index >= 15 is 0 Å². The van der Waals surface area contributed by atoms with Crippen LogP contribution in [0.1, 0.15) is 49.9 Å². The topological polar surface area (TPSA) is 102 Å². The standard InChI is InChI=1S/C22H32N2O7S/c1-16-13-23(14-17(2)31-16)21(25)15-30-22(26)19-12-18(8-9-20(19)29-3)32(27,28)24-10-6-4-5-7-11-24/h8-9,12,16-17H,4-7,10-11,13-15H2,1-3H3/t16-,17-/m1/s1. The highest BCUT2D eigenvalue weighted by molar-refractivity contribution is 7.89. The Bertz CT molecular complexity index is 916. The molecule has 1 amide bonds. The summed E-state index contributed by atoms with van der Waals surface area (Å²) in [7, 11) is -2.36. The fourth-order valence-corrected chi connectivity index (χ4v) is 5.66. The van der Waals surface area contributed by atoms with Crippen LogP contribution in [-0.2, 0) is 24.3 Å². The molecule has 9 nitrogen and oxygen atoms in total. The average molecular weight is 469 g/mol. The zero-order valence-electron chi connectivity index (χ0n) is 18.9. The van der Waals surface area contributed by atoms with Gasteiger partial charge < -0.3 is 19.1 Å². The Morgan fingerprint density at radius 1 is 1.06 bits per heavy atom. The van der Waals surface area contributed by atoms with Gasteiger partial charge in [-0.05, 0) is 44.9 Å². The summed E-state index contributed by atoms with van der Waals surface area (Å²) in [5.74, 6) is -0.948. The van der Waals surface area contributed by atoms with Crippen LogP contribution in [-0.4, -0.2) is 81.6 Å². The molecule has 0 unspecified atom stereocenters. The molecule has 0 aromatic heterocycles. The SMILES string of the molecule is COc1ccc(S(=O)(=O)N2CCCCCC2)cc1C(=O)OCC(=O)N1C[C@@H](C)O[C@H](C)C1. The molecule has 3 rings (SSSR count). The molecule has 2 aliphatic heterocycles. The van der Waals surface area contributed by atoms with Crippen LogP contribution in [0.25, 0.3) is 0 Å². The third-order valence-electron chi connectivity index (χ3n) is 5.69. The van der Waals surface area contributed by atoms with Gasteiger partial charge >= 0.3 is 5.97 Å². The fourth-order valence-electron chi connectivity index (χ4n) is 4.12. The number of morpholine rings is 1. The van der Waals surface area contributed by atoms with Gasteiger partial charge in [0, 0.05) is 26.2 Å². The second kappa shape index (κ2) is 10.6. The van der Waals surface area contributed by atoms with Crippen LogP contribution in [0.5, 0.6) is 5.75 Å². The summed E-state index contributed by atoms with van der Waals surface area (Å²) < 4.78 is 43.8. The van der Waals surface area contributed by atoms with Crippen molar-refractivity contribution in [1.82, 2.24) is 9.21 Å². The number of benzene rings is 1. The number of esters is 1. The summed E-state index contributed by atoms with van der Waals surface area (Å²) in [5.41, 5.74) is -0.0279. The maximum absolute atomic E-state index is 13.1. The molecule has 0 N–H and O–H groups in total. The van der Waals surface area contributed by atoms with Crippen LogP contribution in [0.15, 0.2) is 23.1 Å². The van der Waals surface area contributed by atoms with Crippen molar-refractivity contribution in [2.24, 2.45) is 0 Å². The maximum Gasteiger partial charge on any atom is 0.342 e. The first-order valence-electron chi connectivity index (χ1n) is 11.0. The van der Waals surface area contributed by atoms with Gasteiger partial charge in [0.05, 0.1) is 24.2 Å². The Morgan fingerprint density at radius 2 is 1.69 bits per heavy atom. The molecule has 2 saturated heterocycles. The quantitative estimate of drug-likeness (QED) is 0.589. The van der Waals surface area contributed by atoms with Gasteiger partial charge in [0.15, 0.2) is 6.61 Å². The Labute approximate surface area is 189 Å². The van der Waals surface area contributed by atoms with Crippen molar-refractivity contribution < 1.29 is 32.2 Å². The first-order chi connectivity index (χ1) is 15.2. The van der Waals surface area contributed by atoms with E-state index in [1.807, 2.05) is 13.8 Å². The highest BCUT2D eigenvalue weighted by Gasteiger charge is 2.29. The molecule has 0 spiro atoms. The number of nitrogens with zero attached hydrogens (tertiary/aromatic N) is 2. The summed E-state index contributed by atoms with van der Waals surface area (Å²) in [6, 6.07) is 4.14. The molecule has 1 aromatic rings. The number of sulfonamides is 1. The predicted molar refractivity (Wildman–Crippen MR) is 117 cm³/mol. The lowest BCUT2D eigenvalue weighted by atomic mass is 10.2. The van der Waals surface area contributed by atoms with Gasteiger partial charge in [0.1, 0.15) is 11.3 Å². The van der Waals surface area contributed by atoms with Crippen molar-refractivity contribution >= 4 is 21.9 Å². The first-order valence-corrected chi connectivity index (χ1v) is 12.4. The first kappa shape index (κ1) is 24.5. The van der Waals surface area contributed by atoms with Gasteiger partial charge in [-0.2, -0.15) is 4.31 Å². The molecule has 0 saturated carbocycles. The van der Waals surface area contributed by atoms with E-state index in [0.29, 0.717) is 26.2 Å². The Morgan fingerprint density at radius 3 is 2.28 bits per heavy atom. The number of amides is 1. The second-order valence-corrected chi connectivity index (χ2v) is 10.3. The molecule has 1 aromatic carbocycles. The minimum absolute atomic E-state index is 0.00862. The molecular formula is C22H32N2O7S. The Balaban J connectivity index is 1.73. The van der Waals surface area contributed by atoms with Gasteiger partial charge in [-0.15, -0.1) is 0 Å². The molecule has 10 heteroatoms. The number of ether oxygens (including phenoxy) is 3. The lowest BCUT2D eigenvalue weighted by molar-refractivity contribution is -0.146. The van der Waals surface area contributed by atoms with Crippen LogP contribution in [0, 0.1) is 0 Å². The fraction of sp³-hybridized carbons (Fsp3) is 0.636. The van der Waals surface area contributed by atoms with Crippen molar-refractivity contribution in [2.75, 3.05) is 39.9 Å². The molecule has 2 aliphatic rings. The van der Waals surface area contributed by atoms with E-state index in [4.69, 9.17) is 14.2 Å². The summed E-state index contributed by atoms with van der Waals surface area (Å²) in [4.78, 5) is 26.9. The summed E-state index contributed by atoms with van der Waals surface area (Å²) in [6.07, 6.45) is 3.43. The van der Waals surface area contributed by atoms with E-state index in [2.05, 4.69) is 0 Å². The largest absolute Gasteiger partial charge is 0.496 e. The number of methoxy groups -OCH3 is 1. The van der Waals surface area contributed by atoms with Crippen molar-refractivity contribution in [3.63, 3.8) is 0 Å². The van der Waals surface area contributed by atoms with Gasteiger partial charge in [-0.1, -0.05) is 12.8 Å². The van der Waals surface area contributed by atoms with Crippen LogP contribution < -0.4 is 4.74 Å². The van der Waals surface area contributed by atoms with Crippen molar-refractivity contribution in [1.29, 1.82) is 0 Å². The van der Waals surface area contributed by atoms with Crippen molar-refractivity contribution in [2.45, 2.75) is 56.6 Å². The molecule has 2 fully saturated rings. The predicted octanol–water partition coefficient (Wildman–Crippen LogP) is 2.05. The van der Waals surface area contributed by atoms with E-state index in [9.17, 15) is 18.0 Å². The number of carbonyl (C=O) groups excluding carboxylic acids is 2. The molecule has 32 heavy (non-hydrogen) atoms. The lowest BCUT2D eigenvalue weighted by Gasteiger charge is -2.35. The monoisotopic (exact) mass is 468 g/mol. The van der Waals surface area contributed by atoms with Crippen molar-refractivity contribution in [3.05, 3.63) is 23.8 Å². The van der Waals surface area contributed by atoms with Crippen LogP contribution in [0.2, 0.25) is 0 Å². The highest BCUT2D eigenvalue weighted by Crippen LogP contribution is 2.27. The number of rotatable bonds is 6. The van der Waals surface area contributed by atoms with Crippen molar-refractivity contribution in [3.8, 4) is 5.75 Å². The van der Waals surface area contributed by atoms with Gasteiger partial charge in [-0.3, -0.25) is 4.79 Å². The average Bonchev–Trinajstić information content (AvgIpc) is 3.06. The molecule has 2 heterocycles. The third-order valence-corrected chi connectivity index (χ3v) is 7.59. The molecular weight excluding hydrogens is 436 g/mol. The summed E-state index contributed by atoms with van der Waals surface area (Å²) in [6.45, 7) is 5.08. The summed E-state index contributed by atoms with van der Waals surface area (Å²) >= 11 is 0. The Kier molecular flexibility index (Phi) is 8.13. The highest BCUT2D eigenvalue weighted by atomic mass is 32.2. The molecule has 178 valence electrons. The normalized spacial score (nSPS) is 22.8. The Hall–Kier alpha value is -2.17. The van der Waals surface area contributed by atoms with Gasteiger partial charge in [0.25, 0.3) is 5.91 Å². The van der Waals surface area contributed by atoms with E-state index < -0.39 is 22.6 Å². The minimum atomic E-state index is -3.75. The second-order valence-electron chi connectivity index (χ2n) is 8.31. The zero-order chi connectivity index (χ0) is 23.3. The number of carbonyl (C=O) groups is 2. The molecule has 0 bridgehead atoms. The number of hydrogen-bond donors (Lipinski definition) is 0. The van der Waals surface area contributed by atoms with E-state index in [1.54, 1.807) is 4.90 Å². The van der Waals surface area contributed by atoms with Gasteiger partial charge in [-0.25, -0.2) is 13.2 Å². The lowest BCUT2D eigenvalue weighted by Crippen LogP contribution is -2.49. The molecule has 0 radical (unpaired) electrons. The van der Waals surface area contributed by atoms with E-state index in [1.165, 1.54) is 29.6 Å². The molecule has 2 atom stereocenters. The molecule has 0 aliphatic carbocycles. The van der Waals surface area contributed by atoms with Crippen LogP contribution in [0.3, 0.4) is 0 Å². The van der Waals surface area contributed by atoms with Crippen LogP contribution >= 0.6 is 0 Å².